The van der Waals surface area contributed by atoms with Gasteiger partial charge >= 0.3 is 0 Å². The van der Waals surface area contributed by atoms with Crippen LogP contribution >= 0.6 is 0 Å². The van der Waals surface area contributed by atoms with Crippen molar-refractivity contribution in [1.82, 2.24) is 20.1 Å². The van der Waals surface area contributed by atoms with E-state index in [0.29, 0.717) is 12.5 Å². The zero-order chi connectivity index (χ0) is 14.9. The number of nitrogens with one attached hydrogen (secondary N) is 2. The first-order valence-electron chi connectivity index (χ1n) is 7.62. The Morgan fingerprint density at radius 2 is 1.86 bits per heavy atom. The summed E-state index contributed by atoms with van der Waals surface area (Å²) in [5, 5.41) is 6.30. The first-order valence-corrected chi connectivity index (χ1v) is 7.62. The lowest BCUT2D eigenvalue weighted by Crippen LogP contribution is -2.46. The van der Waals surface area contributed by atoms with Crippen LogP contribution in [0.5, 0.6) is 0 Å². The van der Waals surface area contributed by atoms with E-state index < -0.39 is 0 Å². The summed E-state index contributed by atoms with van der Waals surface area (Å²) in [4.78, 5) is 18.1. The molecule has 2 heterocycles. The number of guanidine groups is 1. The van der Waals surface area contributed by atoms with Gasteiger partial charge < -0.3 is 20.1 Å². The number of carbonyl (C=O) groups excluding carboxylic acids is 1. The molecule has 0 unspecified atom stereocenters. The molecule has 0 atom stereocenters. The summed E-state index contributed by atoms with van der Waals surface area (Å²) >= 11 is 0. The predicted octanol–water partition coefficient (Wildman–Crippen LogP) is 0.666. The van der Waals surface area contributed by atoms with Crippen LogP contribution in [0.25, 0.3) is 0 Å². The summed E-state index contributed by atoms with van der Waals surface area (Å²) in [6, 6.07) is 4.01. The van der Waals surface area contributed by atoms with Gasteiger partial charge in [-0.05, 0) is 31.4 Å². The molecule has 1 fully saturated rings. The topological polar surface area (TPSA) is 61.7 Å². The number of hydrogen-bond donors (Lipinski definition) is 2. The van der Waals surface area contributed by atoms with Crippen molar-refractivity contribution in [3.63, 3.8) is 0 Å². The molecule has 0 saturated carbocycles. The summed E-state index contributed by atoms with van der Waals surface area (Å²) in [6.07, 6.45) is 7.53. The molecule has 2 rings (SSSR count). The third kappa shape index (κ3) is 5.13. The van der Waals surface area contributed by atoms with Crippen molar-refractivity contribution in [2.45, 2.75) is 25.8 Å². The van der Waals surface area contributed by atoms with Gasteiger partial charge in [0.15, 0.2) is 5.96 Å². The number of carbonyl (C=O) groups is 1. The fourth-order valence-corrected chi connectivity index (χ4v) is 2.46. The molecule has 1 aromatic heterocycles. The summed E-state index contributed by atoms with van der Waals surface area (Å²) in [5.74, 6) is 0.829. The van der Waals surface area contributed by atoms with E-state index in [-0.39, 0.29) is 5.91 Å². The van der Waals surface area contributed by atoms with Crippen molar-refractivity contribution in [2.24, 2.45) is 4.99 Å². The van der Waals surface area contributed by atoms with Crippen LogP contribution in [0.4, 0.5) is 0 Å². The van der Waals surface area contributed by atoms with Crippen LogP contribution < -0.4 is 10.6 Å². The lowest BCUT2D eigenvalue weighted by atomic mass is 10.1. The van der Waals surface area contributed by atoms with E-state index in [1.54, 1.807) is 7.05 Å². The molecule has 1 aliphatic heterocycles. The largest absolute Gasteiger partial charge is 0.355 e. The molecule has 1 amide bonds. The Balaban J connectivity index is 1.66. The minimum atomic E-state index is 0.156. The van der Waals surface area contributed by atoms with E-state index in [4.69, 9.17) is 0 Å². The molecule has 1 saturated heterocycles. The Labute approximate surface area is 126 Å². The highest BCUT2D eigenvalue weighted by Crippen LogP contribution is 2.08. The number of hydrogen-bond acceptors (Lipinski definition) is 2. The van der Waals surface area contributed by atoms with Crippen molar-refractivity contribution in [3.05, 3.63) is 24.5 Å². The first-order chi connectivity index (χ1) is 10.3. The van der Waals surface area contributed by atoms with Gasteiger partial charge in [-0.25, -0.2) is 0 Å². The summed E-state index contributed by atoms with van der Waals surface area (Å²) in [5.41, 5.74) is 0. The van der Waals surface area contributed by atoms with Crippen molar-refractivity contribution < 1.29 is 4.79 Å². The van der Waals surface area contributed by atoms with Gasteiger partial charge in [-0.2, -0.15) is 0 Å². The second kappa shape index (κ2) is 8.34. The van der Waals surface area contributed by atoms with Gasteiger partial charge in [0.1, 0.15) is 0 Å². The fourth-order valence-electron chi connectivity index (χ4n) is 2.46. The number of aliphatic imine (C=N–C) groups is 1. The number of rotatable bonds is 5. The SMILES string of the molecule is CN=C(NCCn1cccc1)NCC(=O)N1CCCCC1. The lowest BCUT2D eigenvalue weighted by molar-refractivity contribution is -0.130. The van der Waals surface area contributed by atoms with Gasteiger partial charge in [-0.15, -0.1) is 0 Å². The maximum atomic E-state index is 12.1. The minimum Gasteiger partial charge on any atom is -0.355 e. The summed E-state index contributed by atoms with van der Waals surface area (Å²) in [7, 11) is 1.72. The standard InChI is InChI=1S/C15H25N5O/c1-16-15(17-7-12-19-8-5-6-9-19)18-13-14(21)20-10-3-2-4-11-20/h5-6,8-9H,2-4,7,10-13H2,1H3,(H2,16,17,18). The van der Waals surface area contributed by atoms with Gasteiger partial charge in [0.25, 0.3) is 0 Å². The average Bonchev–Trinajstić information content (AvgIpc) is 3.04. The van der Waals surface area contributed by atoms with Crippen LogP contribution in [0.2, 0.25) is 0 Å². The van der Waals surface area contributed by atoms with E-state index in [1.165, 1.54) is 6.42 Å². The van der Waals surface area contributed by atoms with Gasteiger partial charge in [0, 0.05) is 45.6 Å². The molecule has 6 nitrogen and oxygen atoms in total. The number of nitrogens with zero attached hydrogens (tertiary/aromatic N) is 3. The molecule has 0 bridgehead atoms. The van der Waals surface area contributed by atoms with Crippen LogP contribution in [-0.4, -0.2) is 54.6 Å². The summed E-state index contributed by atoms with van der Waals surface area (Å²) < 4.78 is 2.10. The Kier molecular flexibility index (Phi) is 6.12. The Morgan fingerprint density at radius 1 is 1.14 bits per heavy atom. The number of likely N-dealkylation sites (tertiary alicyclic amines) is 1. The quantitative estimate of drug-likeness (QED) is 0.619. The highest BCUT2D eigenvalue weighted by atomic mass is 16.2. The van der Waals surface area contributed by atoms with Crippen LogP contribution in [-0.2, 0) is 11.3 Å². The highest BCUT2D eigenvalue weighted by Gasteiger charge is 2.16. The van der Waals surface area contributed by atoms with Crippen molar-refractivity contribution >= 4 is 11.9 Å². The molecule has 0 spiro atoms. The normalized spacial score (nSPS) is 15.9. The van der Waals surface area contributed by atoms with Crippen LogP contribution in [0.3, 0.4) is 0 Å². The molecule has 0 aliphatic carbocycles. The zero-order valence-corrected chi connectivity index (χ0v) is 12.7. The predicted molar refractivity (Wildman–Crippen MR) is 84.2 cm³/mol. The molecule has 0 radical (unpaired) electrons. The molecular weight excluding hydrogens is 266 g/mol. The zero-order valence-electron chi connectivity index (χ0n) is 12.7. The molecule has 1 aliphatic rings. The molecule has 2 N–H and O–H groups in total. The smallest absolute Gasteiger partial charge is 0.241 e. The Bertz CT molecular complexity index is 449. The number of amides is 1. The van der Waals surface area contributed by atoms with E-state index >= 15 is 0 Å². The van der Waals surface area contributed by atoms with E-state index in [0.717, 1.165) is 39.0 Å². The second-order valence-corrected chi connectivity index (χ2v) is 5.21. The minimum absolute atomic E-state index is 0.156. The monoisotopic (exact) mass is 291 g/mol. The first kappa shape index (κ1) is 15.4. The Hall–Kier alpha value is -1.98. The van der Waals surface area contributed by atoms with E-state index in [2.05, 4.69) is 20.2 Å². The van der Waals surface area contributed by atoms with E-state index in [1.807, 2.05) is 29.4 Å². The van der Waals surface area contributed by atoms with E-state index in [9.17, 15) is 4.79 Å². The van der Waals surface area contributed by atoms with Crippen LogP contribution in [0.1, 0.15) is 19.3 Å². The average molecular weight is 291 g/mol. The van der Waals surface area contributed by atoms with Gasteiger partial charge in [0.2, 0.25) is 5.91 Å². The molecule has 1 aromatic rings. The third-order valence-electron chi connectivity index (χ3n) is 3.67. The number of piperidine rings is 1. The van der Waals surface area contributed by atoms with Gasteiger partial charge in [0.05, 0.1) is 6.54 Å². The maximum absolute atomic E-state index is 12.1. The molecule has 116 valence electrons. The van der Waals surface area contributed by atoms with Gasteiger partial charge in [-0.1, -0.05) is 0 Å². The van der Waals surface area contributed by atoms with Crippen molar-refractivity contribution in [3.8, 4) is 0 Å². The fraction of sp³-hybridized carbons (Fsp3) is 0.600. The highest BCUT2D eigenvalue weighted by molar-refractivity contribution is 5.86. The second-order valence-electron chi connectivity index (χ2n) is 5.21. The van der Waals surface area contributed by atoms with Gasteiger partial charge in [-0.3, -0.25) is 9.79 Å². The van der Waals surface area contributed by atoms with Crippen molar-refractivity contribution in [2.75, 3.05) is 33.2 Å². The Morgan fingerprint density at radius 3 is 2.52 bits per heavy atom. The molecular formula is C15H25N5O. The van der Waals surface area contributed by atoms with Crippen molar-refractivity contribution in [1.29, 1.82) is 0 Å². The molecule has 21 heavy (non-hydrogen) atoms. The lowest BCUT2D eigenvalue weighted by Gasteiger charge is -2.27. The third-order valence-corrected chi connectivity index (χ3v) is 3.67. The van der Waals surface area contributed by atoms with Crippen LogP contribution in [0, 0.1) is 0 Å². The molecule has 0 aromatic carbocycles. The summed E-state index contributed by atoms with van der Waals surface area (Å²) in [6.45, 7) is 3.73. The molecule has 6 heteroatoms. The van der Waals surface area contributed by atoms with Crippen LogP contribution in [0.15, 0.2) is 29.5 Å². The number of aromatic nitrogens is 1. The maximum Gasteiger partial charge on any atom is 0.241 e.